The number of carbonyl (C=O) groups is 3. The number of nitrogens with one attached hydrogen (secondary N) is 1. The predicted octanol–water partition coefficient (Wildman–Crippen LogP) is 6.38. The van der Waals surface area contributed by atoms with Crippen LogP contribution < -0.4 is 5.32 Å². The molecule has 0 aliphatic carbocycles. The lowest BCUT2D eigenvalue weighted by atomic mass is 10.1. The summed E-state index contributed by atoms with van der Waals surface area (Å²) in [5, 5.41) is 3.56. The molecule has 3 amide bonds. The number of benzene rings is 2. The number of furan rings is 1. The molecule has 3 aromatic rings. The number of thioether (sulfide) groups is 1. The lowest BCUT2D eigenvalue weighted by Crippen LogP contribution is -2.36. The number of halogens is 1. The van der Waals surface area contributed by atoms with Crippen molar-refractivity contribution in [1.29, 1.82) is 0 Å². The Hall–Kier alpha value is -2.94. The summed E-state index contributed by atoms with van der Waals surface area (Å²) in [5.74, 6) is -0.520. The van der Waals surface area contributed by atoms with Gasteiger partial charge in [0.2, 0.25) is 5.91 Å². The molecule has 0 spiro atoms. The standard InChI is InChI=1S/C24H19ClN2O4S2/c1-14-4-3-5-19(15(14)2)26-21(28)13-27-23(29)20(33-24(27)30)12-17-8-11-22(31-17)32-18-9-6-16(25)7-10-18/h3-12H,13H2,1-2H3,(H,26,28)/b20-12-. The van der Waals surface area contributed by atoms with Gasteiger partial charge in [-0.1, -0.05) is 35.5 Å². The van der Waals surface area contributed by atoms with Gasteiger partial charge >= 0.3 is 0 Å². The van der Waals surface area contributed by atoms with Crippen molar-refractivity contribution in [3.63, 3.8) is 0 Å². The third kappa shape index (κ3) is 5.52. The minimum absolute atomic E-state index is 0.205. The number of amides is 3. The van der Waals surface area contributed by atoms with Crippen molar-refractivity contribution in [3.8, 4) is 0 Å². The van der Waals surface area contributed by atoms with Gasteiger partial charge in [0.25, 0.3) is 11.1 Å². The summed E-state index contributed by atoms with van der Waals surface area (Å²) in [7, 11) is 0. The minimum Gasteiger partial charge on any atom is -0.450 e. The molecular weight excluding hydrogens is 480 g/mol. The Balaban J connectivity index is 1.41. The van der Waals surface area contributed by atoms with Gasteiger partial charge in [0.15, 0.2) is 5.09 Å². The molecule has 0 atom stereocenters. The van der Waals surface area contributed by atoms with Gasteiger partial charge in [-0.05, 0) is 79.2 Å². The summed E-state index contributed by atoms with van der Waals surface area (Å²) < 4.78 is 5.76. The minimum atomic E-state index is -0.524. The zero-order valence-corrected chi connectivity index (χ0v) is 20.1. The molecule has 1 aliphatic heterocycles. The number of anilines is 1. The summed E-state index contributed by atoms with van der Waals surface area (Å²) >= 11 is 8.10. The molecule has 0 radical (unpaired) electrons. The molecule has 0 saturated carbocycles. The predicted molar refractivity (Wildman–Crippen MR) is 132 cm³/mol. The van der Waals surface area contributed by atoms with Crippen LogP contribution in [0.25, 0.3) is 6.08 Å². The molecule has 0 unspecified atom stereocenters. The van der Waals surface area contributed by atoms with Crippen LogP contribution in [0.2, 0.25) is 5.02 Å². The molecule has 1 aliphatic rings. The monoisotopic (exact) mass is 498 g/mol. The van der Waals surface area contributed by atoms with Crippen molar-refractivity contribution >= 4 is 63.9 Å². The van der Waals surface area contributed by atoms with Crippen LogP contribution in [-0.2, 0) is 9.59 Å². The van der Waals surface area contributed by atoms with E-state index in [2.05, 4.69) is 5.32 Å². The maximum absolute atomic E-state index is 12.7. The highest BCUT2D eigenvalue weighted by atomic mass is 35.5. The number of aryl methyl sites for hydroxylation is 1. The number of rotatable bonds is 6. The molecule has 9 heteroatoms. The van der Waals surface area contributed by atoms with Crippen molar-refractivity contribution in [2.24, 2.45) is 0 Å². The van der Waals surface area contributed by atoms with Crippen LogP contribution in [0, 0.1) is 13.8 Å². The highest BCUT2D eigenvalue weighted by Gasteiger charge is 2.36. The average molecular weight is 499 g/mol. The number of nitrogens with zero attached hydrogens (tertiary/aromatic N) is 1. The molecule has 2 heterocycles. The maximum atomic E-state index is 12.7. The van der Waals surface area contributed by atoms with E-state index in [9.17, 15) is 14.4 Å². The maximum Gasteiger partial charge on any atom is 0.294 e. The van der Waals surface area contributed by atoms with Crippen LogP contribution >= 0.6 is 35.1 Å². The first-order valence-corrected chi connectivity index (χ1v) is 12.0. The van der Waals surface area contributed by atoms with E-state index in [0.717, 1.165) is 32.7 Å². The van der Waals surface area contributed by atoms with Gasteiger partial charge in [-0.3, -0.25) is 19.3 Å². The Bertz CT molecular complexity index is 1270. The molecule has 4 rings (SSSR count). The average Bonchev–Trinajstić information content (AvgIpc) is 3.32. The summed E-state index contributed by atoms with van der Waals surface area (Å²) in [4.78, 5) is 39.7. The van der Waals surface area contributed by atoms with E-state index in [-0.39, 0.29) is 11.4 Å². The molecular formula is C24H19ClN2O4S2. The Morgan fingerprint density at radius 3 is 2.64 bits per heavy atom. The zero-order valence-electron chi connectivity index (χ0n) is 17.8. The zero-order chi connectivity index (χ0) is 23.5. The van der Waals surface area contributed by atoms with Crippen LogP contribution in [-0.4, -0.2) is 28.5 Å². The van der Waals surface area contributed by atoms with E-state index in [1.807, 2.05) is 38.1 Å². The van der Waals surface area contributed by atoms with Crippen molar-refractivity contribution in [1.82, 2.24) is 4.90 Å². The van der Waals surface area contributed by atoms with Crippen molar-refractivity contribution in [3.05, 3.63) is 81.4 Å². The van der Waals surface area contributed by atoms with Gasteiger partial charge in [0, 0.05) is 21.7 Å². The van der Waals surface area contributed by atoms with E-state index >= 15 is 0 Å². The van der Waals surface area contributed by atoms with Crippen LogP contribution in [0.15, 0.2) is 73.9 Å². The topological polar surface area (TPSA) is 79.6 Å². The number of hydrogen-bond donors (Lipinski definition) is 1. The van der Waals surface area contributed by atoms with Gasteiger partial charge in [-0.15, -0.1) is 0 Å². The van der Waals surface area contributed by atoms with E-state index < -0.39 is 17.1 Å². The SMILES string of the molecule is Cc1cccc(NC(=O)CN2C(=O)S/C(=C\c3ccc(Sc4ccc(Cl)cc4)o3)C2=O)c1C. The largest absolute Gasteiger partial charge is 0.450 e. The lowest BCUT2D eigenvalue weighted by Gasteiger charge is -2.14. The van der Waals surface area contributed by atoms with Crippen molar-refractivity contribution < 1.29 is 18.8 Å². The molecule has 1 N–H and O–H groups in total. The molecule has 1 saturated heterocycles. The summed E-state index contributed by atoms with van der Waals surface area (Å²) in [5.41, 5.74) is 2.63. The van der Waals surface area contributed by atoms with E-state index in [4.69, 9.17) is 16.0 Å². The highest BCUT2D eigenvalue weighted by Crippen LogP contribution is 2.34. The van der Waals surface area contributed by atoms with Crippen molar-refractivity contribution in [2.45, 2.75) is 23.8 Å². The third-order valence-electron chi connectivity index (χ3n) is 4.96. The number of carbonyl (C=O) groups excluding carboxylic acids is 3. The van der Waals surface area contributed by atoms with E-state index in [1.54, 1.807) is 30.3 Å². The van der Waals surface area contributed by atoms with Gasteiger partial charge in [0.1, 0.15) is 12.3 Å². The first-order chi connectivity index (χ1) is 15.8. The van der Waals surface area contributed by atoms with Gasteiger partial charge < -0.3 is 9.73 Å². The third-order valence-corrected chi connectivity index (χ3v) is 7.05. The fourth-order valence-corrected chi connectivity index (χ4v) is 4.79. The summed E-state index contributed by atoms with van der Waals surface area (Å²) in [6, 6.07) is 16.4. The quantitative estimate of drug-likeness (QED) is 0.397. The highest BCUT2D eigenvalue weighted by molar-refractivity contribution is 8.18. The fourth-order valence-electron chi connectivity index (χ4n) is 3.07. The van der Waals surface area contributed by atoms with Crippen LogP contribution in [0.3, 0.4) is 0 Å². The normalized spacial score (nSPS) is 14.9. The molecule has 1 fully saturated rings. The molecule has 168 valence electrons. The Kier molecular flexibility index (Phi) is 6.97. The lowest BCUT2D eigenvalue weighted by molar-refractivity contribution is -0.127. The Morgan fingerprint density at radius 2 is 1.88 bits per heavy atom. The first kappa shape index (κ1) is 23.2. The van der Waals surface area contributed by atoms with Gasteiger partial charge in [-0.25, -0.2) is 0 Å². The second-order valence-electron chi connectivity index (χ2n) is 7.28. The number of imide groups is 1. The van der Waals surface area contributed by atoms with Crippen LogP contribution in [0.5, 0.6) is 0 Å². The first-order valence-electron chi connectivity index (χ1n) is 9.95. The molecule has 0 bridgehead atoms. The van der Waals surface area contributed by atoms with Gasteiger partial charge in [0.05, 0.1) is 4.91 Å². The van der Waals surface area contributed by atoms with E-state index in [1.165, 1.54) is 17.8 Å². The molecule has 6 nitrogen and oxygen atoms in total. The summed E-state index contributed by atoms with van der Waals surface area (Å²) in [6.45, 7) is 3.49. The Morgan fingerprint density at radius 1 is 1.12 bits per heavy atom. The molecule has 33 heavy (non-hydrogen) atoms. The number of hydrogen-bond acceptors (Lipinski definition) is 6. The smallest absolute Gasteiger partial charge is 0.294 e. The second kappa shape index (κ2) is 9.91. The second-order valence-corrected chi connectivity index (χ2v) is 9.78. The van der Waals surface area contributed by atoms with Crippen LogP contribution in [0.1, 0.15) is 16.9 Å². The van der Waals surface area contributed by atoms with Crippen LogP contribution in [0.4, 0.5) is 10.5 Å². The molecule has 2 aromatic carbocycles. The molecule has 1 aromatic heterocycles. The van der Waals surface area contributed by atoms with E-state index in [0.29, 0.717) is 21.6 Å². The fraction of sp³-hybridized carbons (Fsp3) is 0.125. The Labute approximate surface area is 204 Å². The summed E-state index contributed by atoms with van der Waals surface area (Å²) in [6.07, 6.45) is 1.51. The van der Waals surface area contributed by atoms with Gasteiger partial charge in [-0.2, -0.15) is 0 Å². The van der Waals surface area contributed by atoms with Crippen molar-refractivity contribution in [2.75, 3.05) is 11.9 Å².